The van der Waals surface area contributed by atoms with E-state index in [0.717, 1.165) is 0 Å². The van der Waals surface area contributed by atoms with E-state index >= 15 is 0 Å². The van der Waals surface area contributed by atoms with E-state index in [1.165, 1.54) is 5.56 Å². The Morgan fingerprint density at radius 2 is 1.67 bits per heavy atom. The van der Waals surface area contributed by atoms with Crippen molar-refractivity contribution in [3.63, 3.8) is 0 Å². The molecule has 0 aliphatic rings. The maximum absolute atomic E-state index is 2.93. The summed E-state index contributed by atoms with van der Waals surface area (Å²) in [5.74, 6) is 0. The summed E-state index contributed by atoms with van der Waals surface area (Å²) in [5, 5.41) is 0. The van der Waals surface area contributed by atoms with Crippen molar-refractivity contribution in [2.75, 3.05) is 0 Å². The fourth-order valence-corrected chi connectivity index (χ4v) is 0.470. The molecule has 0 aliphatic heterocycles. The third-order valence-electron chi connectivity index (χ3n) is 0.885. The molecule has 0 N–H and O–H groups in total. The standard InChI is InChI=1S/C7H7.CH3.Es/c1-7-5-3-2-4-6-7;;/h3-6H,1H3;1H3;/q2*-1;. The molecule has 0 aromatic heterocycles. The van der Waals surface area contributed by atoms with Crippen LogP contribution in [0, 0.1) is 20.4 Å². The van der Waals surface area contributed by atoms with Crippen molar-refractivity contribution in [1.82, 2.24) is 0 Å². The summed E-state index contributed by atoms with van der Waals surface area (Å²) in [6.07, 6.45) is 0. The third kappa shape index (κ3) is 2.86. The van der Waals surface area contributed by atoms with Gasteiger partial charge in [-0.1, -0.05) is 6.92 Å². The molecule has 0 aliphatic carbocycles. The molecule has 0 saturated carbocycles. The number of aryl methyl sites for hydroxylation is 1. The smallest absolute Gasteiger partial charge is 0 e. The zero-order valence-electron chi connectivity index (χ0n) is 5.61. The predicted molar refractivity (Wildman–Crippen MR) is 36.4 cm³/mol. The number of rotatable bonds is 0. The van der Waals surface area contributed by atoms with E-state index in [9.17, 15) is 0 Å². The van der Waals surface area contributed by atoms with Crippen LogP contribution in [0.15, 0.2) is 24.3 Å². The van der Waals surface area contributed by atoms with Crippen LogP contribution in [0.1, 0.15) is 5.56 Å². The van der Waals surface area contributed by atoms with Gasteiger partial charge >= 0.3 is 0 Å². The summed E-state index contributed by atoms with van der Waals surface area (Å²) in [7, 11) is 0. The fourth-order valence-electron chi connectivity index (χ4n) is 0.470. The average molecular weight is 358 g/mol. The van der Waals surface area contributed by atoms with Crippen LogP contribution in [0.2, 0.25) is 0 Å². The Labute approximate surface area is 51.2 Å². The van der Waals surface area contributed by atoms with Crippen molar-refractivity contribution in [3.8, 4) is 0 Å². The van der Waals surface area contributed by atoms with E-state index in [4.69, 9.17) is 0 Å². The largest absolute Gasteiger partial charge is 0.358 e. The van der Waals surface area contributed by atoms with Gasteiger partial charge in [-0.05, 0) is 0 Å². The molecule has 0 nitrogen and oxygen atoms in total. The van der Waals surface area contributed by atoms with Crippen LogP contribution in [0.5, 0.6) is 0 Å². The zero-order valence-corrected chi connectivity index (χ0v) is 8.12. The van der Waals surface area contributed by atoms with E-state index in [0.29, 0.717) is 0 Å². The topological polar surface area (TPSA) is 0 Å². The minimum atomic E-state index is 0. The molecule has 55 valence electrons. The quantitative estimate of drug-likeness (QED) is 0.625. The number of hydrogen-bond acceptors (Lipinski definition) is 0. The predicted octanol–water partition coefficient (Wildman–Crippen LogP) is 2.25. The molecule has 0 saturated heterocycles. The van der Waals surface area contributed by atoms with Crippen molar-refractivity contribution < 1.29 is 0 Å². The van der Waals surface area contributed by atoms with Crippen molar-refractivity contribution in [2.24, 2.45) is 0 Å². The number of benzene rings is 1. The molecule has 0 atom stereocenters. The summed E-state index contributed by atoms with van der Waals surface area (Å²) in [4.78, 5) is 0. The molecule has 0 fully saturated rings. The molecule has 0 unspecified atom stereocenters. The van der Waals surface area contributed by atoms with Gasteiger partial charge in [0.2, 0.25) is 0 Å². The van der Waals surface area contributed by atoms with E-state index in [1.807, 2.05) is 24.3 Å². The molecule has 0 bridgehead atoms. The van der Waals surface area contributed by atoms with Crippen LogP contribution in [0.3, 0.4) is 0 Å². The molecule has 0 heterocycles. The minimum absolute atomic E-state index is 0. The normalized spacial score (nSPS) is 6.78. The zero-order chi connectivity index (χ0) is 5.11. The molecule has 1 heteroatoms. The molecule has 1 aromatic carbocycles. The van der Waals surface area contributed by atoms with Gasteiger partial charge < -0.3 is 7.43 Å². The van der Waals surface area contributed by atoms with E-state index < -0.39 is 0 Å². The minimum Gasteiger partial charge on any atom is -0.358 e. The monoisotopic (exact) mass is 358 g/mol. The van der Waals surface area contributed by atoms with Gasteiger partial charge in [-0.15, -0.1) is 0 Å². The summed E-state index contributed by atoms with van der Waals surface area (Å²) in [5.41, 5.74) is 1.29. The Morgan fingerprint density at radius 3 is 1.89 bits per heavy atom. The maximum Gasteiger partial charge on any atom is 0 e. The molecule has 1 aromatic rings. The molecule has 1 radical (unpaired) electrons. The first-order valence-corrected chi connectivity index (χ1v) is 2.32. The SMILES string of the molecule is Cc1cc[c-]cc1.[CH3-].[Es]. The van der Waals surface area contributed by atoms with Crippen molar-refractivity contribution >= 4 is 0 Å². The first-order chi connectivity index (χ1) is 3.39. The molecule has 9 heavy (non-hydrogen) atoms. The van der Waals surface area contributed by atoms with Crippen molar-refractivity contribution in [2.45, 2.75) is 6.92 Å². The molecule has 0 spiro atoms. The Hall–Kier alpha value is -1.78. The Morgan fingerprint density at radius 1 is 1.22 bits per heavy atom. The molecule has 1 rings (SSSR count). The van der Waals surface area contributed by atoms with Crippen LogP contribution in [0.25, 0.3) is 0 Å². The van der Waals surface area contributed by atoms with Gasteiger partial charge in [0.05, 0.1) is 0 Å². The first-order valence-electron chi connectivity index (χ1n) is 2.32. The third-order valence-corrected chi connectivity index (χ3v) is 0.885. The van der Waals surface area contributed by atoms with Crippen LogP contribution >= 0.6 is 0 Å². The van der Waals surface area contributed by atoms with Gasteiger partial charge in [0.15, 0.2) is 0 Å². The van der Waals surface area contributed by atoms with Gasteiger partial charge in [0, 0.05) is 0 Å². The van der Waals surface area contributed by atoms with Crippen molar-refractivity contribution in [1.29, 1.82) is 0 Å². The second-order valence-corrected chi connectivity index (χ2v) is 1.58. The van der Waals surface area contributed by atoms with Gasteiger partial charge in [0.1, 0.15) is 0 Å². The second-order valence-electron chi connectivity index (χ2n) is 1.58. The average Bonchev–Trinajstić information content (AvgIpc) is 1.69. The van der Waals surface area contributed by atoms with E-state index in [2.05, 4.69) is 13.0 Å². The van der Waals surface area contributed by atoms with Crippen molar-refractivity contribution in [3.05, 3.63) is 43.3 Å². The Bertz CT molecular complexity index is 134. The Kier molecular flexibility index (Phi) is 4.99. The molecule has 0 amide bonds. The molecular formula is C8H10Es-2. The second kappa shape index (κ2) is 4.38. The van der Waals surface area contributed by atoms with Crippen LogP contribution in [0.4, 0.5) is 0 Å². The first kappa shape index (κ1) is 10.3. The number of hydrogen-bond donors (Lipinski definition) is 0. The molecular weight excluding hydrogens is 348 g/mol. The van der Waals surface area contributed by atoms with Gasteiger partial charge in [-0.25, -0.2) is 0 Å². The summed E-state index contributed by atoms with van der Waals surface area (Å²) in [6.45, 7) is 2.06. The van der Waals surface area contributed by atoms with Crippen LogP contribution in [-0.2, 0) is 0 Å². The maximum atomic E-state index is 2.93. The van der Waals surface area contributed by atoms with Gasteiger partial charge in [0.25, 0.3) is 0 Å². The van der Waals surface area contributed by atoms with Gasteiger partial charge in [-0.2, -0.15) is 35.9 Å². The van der Waals surface area contributed by atoms with Crippen LogP contribution in [-0.4, -0.2) is 0 Å². The summed E-state index contributed by atoms with van der Waals surface area (Å²) >= 11 is 0. The van der Waals surface area contributed by atoms with E-state index in [-0.39, 0.29) is 7.43 Å². The Balaban J connectivity index is 0. The van der Waals surface area contributed by atoms with Gasteiger partial charge in [-0.3, -0.25) is 0 Å². The van der Waals surface area contributed by atoms with E-state index in [1.54, 1.807) is 0 Å². The van der Waals surface area contributed by atoms with Crippen LogP contribution < -0.4 is 0 Å². The fraction of sp³-hybridized carbons (Fsp3) is 0.125. The summed E-state index contributed by atoms with van der Waals surface area (Å²) < 4.78 is 0. The summed E-state index contributed by atoms with van der Waals surface area (Å²) in [6, 6.07) is 10.8.